The summed E-state index contributed by atoms with van der Waals surface area (Å²) in [5.41, 5.74) is -1.69. The van der Waals surface area contributed by atoms with Crippen LogP contribution in [0.25, 0.3) is 0 Å². The van der Waals surface area contributed by atoms with Crippen LogP contribution in [0.3, 0.4) is 0 Å². The molecule has 0 spiro atoms. The van der Waals surface area contributed by atoms with E-state index in [1.807, 2.05) is 0 Å². The molecule has 0 aliphatic heterocycles. The van der Waals surface area contributed by atoms with Crippen molar-refractivity contribution in [2.75, 3.05) is 6.61 Å². The first-order valence-electron chi connectivity index (χ1n) is 4.35. The first kappa shape index (κ1) is 16.7. The molecule has 0 saturated heterocycles. The topological polar surface area (TPSA) is 162 Å². The van der Waals surface area contributed by atoms with Gasteiger partial charge in [-0.15, -0.1) is 0 Å². The Hall–Kier alpha value is -0.270. The predicted octanol–water partition coefficient (Wildman–Crippen LogP) is -0.103. The largest absolute Gasteiger partial charge is 0.481 e. The van der Waals surface area contributed by atoms with Gasteiger partial charge < -0.3 is 29.4 Å². The van der Waals surface area contributed by atoms with E-state index in [9.17, 15) is 19.0 Å². The molecule has 0 aliphatic carbocycles. The second kappa shape index (κ2) is 5.58. The van der Waals surface area contributed by atoms with E-state index < -0.39 is 39.2 Å². The summed E-state index contributed by atoms with van der Waals surface area (Å²) in [6.45, 7) is 0.503. The number of rotatable bonds is 7. The van der Waals surface area contributed by atoms with E-state index in [4.69, 9.17) is 19.8 Å². The highest BCUT2D eigenvalue weighted by Crippen LogP contribution is 2.74. The van der Waals surface area contributed by atoms with Crippen molar-refractivity contribution in [3.8, 4) is 0 Å². The quantitative estimate of drug-likeness (QED) is 0.403. The molecule has 0 amide bonds. The maximum absolute atomic E-state index is 10.9. The van der Waals surface area contributed by atoms with Gasteiger partial charge in [-0.05, 0) is 6.92 Å². The summed E-state index contributed by atoms with van der Waals surface area (Å²) < 4.78 is 25.5. The van der Waals surface area contributed by atoms with E-state index in [0.717, 1.165) is 6.92 Å². The molecule has 0 aromatic carbocycles. The van der Waals surface area contributed by atoms with E-state index >= 15 is 0 Å². The standard InChI is InChI=1S/C6H14O9P2/c1-6(9,4-5(7)8)2-3-15-17(13,14)16(10,11)12/h9H,2-4H2,1H3,(H,7,8)(H,13,14)(H2,10,11,12)/t6-/m1/s1. The molecule has 0 aliphatic rings. The second-order valence-corrected chi connectivity index (χ2v) is 9.00. The summed E-state index contributed by atoms with van der Waals surface area (Å²) in [5, 5.41) is 17.9. The van der Waals surface area contributed by atoms with Crippen molar-refractivity contribution in [2.24, 2.45) is 0 Å². The van der Waals surface area contributed by atoms with Crippen LogP contribution in [-0.4, -0.2) is 43.1 Å². The van der Waals surface area contributed by atoms with Crippen LogP contribution in [0, 0.1) is 0 Å². The number of hydrogen-bond donors (Lipinski definition) is 5. The Morgan fingerprint density at radius 2 is 1.76 bits per heavy atom. The number of aliphatic hydroxyl groups is 1. The predicted molar refractivity (Wildman–Crippen MR) is 55.3 cm³/mol. The Bertz CT molecular complexity index is 370. The zero-order chi connectivity index (χ0) is 13.9. The van der Waals surface area contributed by atoms with Gasteiger partial charge in [0.2, 0.25) is 0 Å². The molecular weight excluding hydrogens is 278 g/mol. The normalized spacial score (nSPS) is 19.4. The molecule has 0 saturated carbocycles. The molecule has 102 valence electrons. The monoisotopic (exact) mass is 292 g/mol. The molecule has 11 heteroatoms. The molecule has 0 bridgehead atoms. The van der Waals surface area contributed by atoms with Gasteiger partial charge in [-0.25, -0.2) is 9.13 Å². The van der Waals surface area contributed by atoms with Gasteiger partial charge in [0.15, 0.2) is 0 Å². The molecule has 0 aromatic rings. The van der Waals surface area contributed by atoms with Crippen LogP contribution < -0.4 is 0 Å². The van der Waals surface area contributed by atoms with Crippen LogP contribution in [-0.2, 0) is 18.4 Å². The summed E-state index contributed by atoms with van der Waals surface area (Å²) in [5.74, 6) is -1.28. The van der Waals surface area contributed by atoms with Crippen molar-refractivity contribution in [1.82, 2.24) is 0 Å². The highest BCUT2D eigenvalue weighted by atomic mass is 32.1. The molecule has 1 unspecified atom stereocenters. The van der Waals surface area contributed by atoms with Crippen molar-refractivity contribution < 1.29 is 43.3 Å². The zero-order valence-electron chi connectivity index (χ0n) is 8.88. The van der Waals surface area contributed by atoms with Crippen LogP contribution in [0.5, 0.6) is 0 Å². The molecule has 5 N–H and O–H groups in total. The fourth-order valence-corrected chi connectivity index (χ4v) is 2.05. The summed E-state index contributed by atoms with van der Waals surface area (Å²) in [6, 6.07) is 0. The average Bonchev–Trinajstić information content (AvgIpc) is 1.97. The Morgan fingerprint density at radius 1 is 1.29 bits per heavy atom. The summed E-state index contributed by atoms with van der Waals surface area (Å²) in [7, 11) is -10.4. The molecule has 0 rings (SSSR count). The smallest absolute Gasteiger partial charge is 0.438 e. The lowest BCUT2D eigenvalue weighted by molar-refractivity contribution is -0.142. The summed E-state index contributed by atoms with van der Waals surface area (Å²) >= 11 is 0. The average molecular weight is 292 g/mol. The Labute approximate surface area is 96.6 Å². The highest BCUT2D eigenvalue weighted by Gasteiger charge is 2.42. The van der Waals surface area contributed by atoms with Crippen molar-refractivity contribution in [3.63, 3.8) is 0 Å². The summed E-state index contributed by atoms with van der Waals surface area (Å²) in [6.07, 6.45) is -0.980. The first-order chi connectivity index (χ1) is 7.37. The van der Waals surface area contributed by atoms with Crippen molar-refractivity contribution in [2.45, 2.75) is 25.4 Å². The minimum atomic E-state index is -5.29. The maximum atomic E-state index is 10.9. The Morgan fingerprint density at radius 3 is 2.12 bits per heavy atom. The van der Waals surface area contributed by atoms with Gasteiger partial charge in [0.25, 0.3) is 0 Å². The van der Waals surface area contributed by atoms with Gasteiger partial charge in [-0.2, -0.15) is 0 Å². The molecule has 17 heavy (non-hydrogen) atoms. The van der Waals surface area contributed by atoms with E-state index in [0.29, 0.717) is 0 Å². The van der Waals surface area contributed by atoms with Gasteiger partial charge in [0.1, 0.15) is 0 Å². The third kappa shape index (κ3) is 6.28. The van der Waals surface area contributed by atoms with Crippen molar-refractivity contribution in [1.29, 1.82) is 0 Å². The SMILES string of the molecule is C[C@@](O)(CCOP(=O)(O)P(=O)(O)O)CC(=O)O. The van der Waals surface area contributed by atoms with Gasteiger partial charge in [-0.3, -0.25) is 4.79 Å². The molecule has 0 heterocycles. The lowest BCUT2D eigenvalue weighted by Crippen LogP contribution is -2.29. The van der Waals surface area contributed by atoms with Gasteiger partial charge in [0, 0.05) is 6.42 Å². The summed E-state index contributed by atoms with van der Waals surface area (Å²) in [4.78, 5) is 36.0. The van der Waals surface area contributed by atoms with Crippen LogP contribution in [0.2, 0.25) is 0 Å². The van der Waals surface area contributed by atoms with Crippen LogP contribution in [0.4, 0.5) is 0 Å². The third-order valence-electron chi connectivity index (χ3n) is 1.76. The molecule has 2 atom stereocenters. The zero-order valence-corrected chi connectivity index (χ0v) is 10.7. The number of carboxylic acid groups (broad SMARTS) is 1. The molecule has 0 aromatic heterocycles. The van der Waals surface area contributed by atoms with Crippen molar-refractivity contribution in [3.05, 3.63) is 0 Å². The van der Waals surface area contributed by atoms with Crippen molar-refractivity contribution >= 4 is 20.5 Å². The fraction of sp³-hybridized carbons (Fsp3) is 0.833. The number of carbonyl (C=O) groups is 1. The first-order valence-corrected chi connectivity index (χ1v) is 8.24. The van der Waals surface area contributed by atoms with Gasteiger partial charge >= 0.3 is 20.5 Å². The lowest BCUT2D eigenvalue weighted by Gasteiger charge is -2.21. The van der Waals surface area contributed by atoms with Gasteiger partial charge in [-0.1, -0.05) is 0 Å². The van der Waals surface area contributed by atoms with E-state index in [1.165, 1.54) is 0 Å². The van der Waals surface area contributed by atoms with Gasteiger partial charge in [0.05, 0.1) is 18.6 Å². The third-order valence-corrected chi connectivity index (χ3v) is 5.26. The minimum absolute atomic E-state index is 0.357. The van der Waals surface area contributed by atoms with E-state index in [2.05, 4.69) is 4.52 Å². The Balaban J connectivity index is 4.30. The number of hydrogen-bond acceptors (Lipinski definition) is 5. The molecule has 0 fully saturated rings. The second-order valence-electron chi connectivity index (χ2n) is 3.65. The van der Waals surface area contributed by atoms with Crippen LogP contribution in [0.15, 0.2) is 0 Å². The van der Waals surface area contributed by atoms with Crippen LogP contribution in [0.1, 0.15) is 19.8 Å². The fourth-order valence-electron chi connectivity index (χ4n) is 0.874. The minimum Gasteiger partial charge on any atom is -0.481 e. The highest BCUT2D eigenvalue weighted by molar-refractivity contribution is 8.26. The molecular formula is C6H14O9P2. The number of aliphatic carboxylic acids is 1. The number of carboxylic acids is 1. The van der Waals surface area contributed by atoms with E-state index in [1.54, 1.807) is 0 Å². The molecule has 0 radical (unpaired) electrons. The Kier molecular flexibility index (Phi) is 5.49. The van der Waals surface area contributed by atoms with E-state index in [-0.39, 0.29) is 6.42 Å². The maximum Gasteiger partial charge on any atom is 0.438 e. The van der Waals surface area contributed by atoms with Crippen LogP contribution >= 0.6 is 14.6 Å². The lowest BCUT2D eigenvalue weighted by atomic mass is 9.99. The molecule has 9 nitrogen and oxygen atoms in total.